The molecule has 0 amide bonds. The van der Waals surface area contributed by atoms with E-state index in [2.05, 4.69) is 57.7 Å². The van der Waals surface area contributed by atoms with E-state index < -0.39 is 5.41 Å². The zero-order valence-electron chi connectivity index (χ0n) is 15.7. The monoisotopic (exact) mass is 316 g/mol. The molecule has 0 aromatic carbocycles. The zero-order chi connectivity index (χ0) is 17.1. The molecule has 3 heteroatoms. The van der Waals surface area contributed by atoms with Crippen LogP contribution in [-0.2, 0) is 9.53 Å². The van der Waals surface area contributed by atoms with Gasteiger partial charge in [0.05, 0.1) is 12.0 Å². The Kier molecular flexibility index (Phi) is 7.41. The second kappa shape index (κ2) is 7.44. The van der Waals surface area contributed by atoms with Gasteiger partial charge >= 0.3 is 5.97 Å². The Balaban J connectivity index is 4.54. The van der Waals surface area contributed by atoms with Crippen LogP contribution in [0.3, 0.4) is 0 Å². The van der Waals surface area contributed by atoms with Crippen molar-refractivity contribution >= 4 is 15.2 Å². The van der Waals surface area contributed by atoms with Crippen molar-refractivity contribution in [2.75, 3.05) is 6.61 Å². The molecule has 0 aliphatic heterocycles. The van der Waals surface area contributed by atoms with Gasteiger partial charge in [-0.3, -0.25) is 4.79 Å². The van der Waals surface area contributed by atoms with Crippen LogP contribution < -0.4 is 0 Å². The highest BCUT2D eigenvalue weighted by molar-refractivity contribution is 7.17. The molecule has 21 heavy (non-hydrogen) atoms. The molecule has 0 spiro atoms. The number of hydrogen-bond acceptors (Lipinski definition) is 2. The highest BCUT2D eigenvalue weighted by Gasteiger charge is 2.34. The third kappa shape index (κ3) is 7.63. The average molecular weight is 316 g/mol. The second-order valence-corrected chi connectivity index (χ2v) is 10.00. The van der Waals surface area contributed by atoms with E-state index in [0.29, 0.717) is 18.2 Å². The van der Waals surface area contributed by atoms with Gasteiger partial charge in [-0.25, -0.2) is 0 Å². The molecule has 0 aliphatic rings. The highest BCUT2D eigenvalue weighted by Crippen LogP contribution is 2.35. The van der Waals surface area contributed by atoms with E-state index in [1.165, 1.54) is 0 Å². The van der Waals surface area contributed by atoms with Crippen LogP contribution in [0.25, 0.3) is 0 Å². The Labute approximate surface area is 135 Å². The molecule has 0 bridgehead atoms. The van der Waals surface area contributed by atoms with E-state index in [0.717, 1.165) is 12.8 Å². The summed E-state index contributed by atoms with van der Waals surface area (Å²) in [5, 5.41) is 0. The predicted octanol–water partition coefficient (Wildman–Crippen LogP) is 5.31. The fraction of sp³-hybridized carbons (Fsp3) is 0.944. The number of rotatable bonds is 7. The normalized spacial score (nSPS) is 15.2. The van der Waals surface area contributed by atoms with E-state index in [4.69, 9.17) is 4.74 Å². The summed E-state index contributed by atoms with van der Waals surface area (Å²) < 4.78 is 5.66. The maximum absolute atomic E-state index is 12.4. The quantitative estimate of drug-likeness (QED) is 0.470. The molecule has 0 radical (unpaired) electrons. The van der Waals surface area contributed by atoms with Crippen molar-refractivity contribution in [3.05, 3.63) is 0 Å². The van der Waals surface area contributed by atoms with Crippen LogP contribution in [0, 0.1) is 22.2 Å². The van der Waals surface area contributed by atoms with E-state index in [-0.39, 0.29) is 16.8 Å². The summed E-state index contributed by atoms with van der Waals surface area (Å²) in [7, 11) is 2.90. The Morgan fingerprint density at radius 3 is 1.86 bits per heavy atom. The molecule has 0 rings (SSSR count). The summed E-state index contributed by atoms with van der Waals surface area (Å²) in [6, 6.07) is 0. The Morgan fingerprint density at radius 1 is 1.00 bits per heavy atom. The van der Waals surface area contributed by atoms with Crippen LogP contribution >= 0.6 is 9.24 Å². The SMILES string of the molecule is CC(C)C(P)C(C)(C)COC(=O)C(C)(C)CCC(C)(C)C. The first-order valence-corrected chi connectivity index (χ1v) is 8.78. The van der Waals surface area contributed by atoms with Gasteiger partial charge in [0.1, 0.15) is 0 Å². The van der Waals surface area contributed by atoms with Crippen molar-refractivity contribution in [1.29, 1.82) is 0 Å². The minimum Gasteiger partial charge on any atom is -0.465 e. The second-order valence-electron chi connectivity index (χ2n) is 9.28. The predicted molar refractivity (Wildman–Crippen MR) is 95.5 cm³/mol. The van der Waals surface area contributed by atoms with E-state index in [9.17, 15) is 4.79 Å². The summed E-state index contributed by atoms with van der Waals surface area (Å²) in [6.07, 6.45) is 1.89. The third-order valence-electron chi connectivity index (χ3n) is 4.25. The molecular weight excluding hydrogens is 279 g/mol. The smallest absolute Gasteiger partial charge is 0.311 e. The van der Waals surface area contributed by atoms with Crippen molar-refractivity contribution in [3.63, 3.8) is 0 Å². The van der Waals surface area contributed by atoms with Gasteiger partial charge in [-0.05, 0) is 43.7 Å². The molecule has 0 aromatic rings. The maximum atomic E-state index is 12.4. The summed E-state index contributed by atoms with van der Waals surface area (Å²) >= 11 is 0. The topological polar surface area (TPSA) is 26.3 Å². The fourth-order valence-electron chi connectivity index (χ4n) is 2.24. The number of esters is 1. The van der Waals surface area contributed by atoms with Gasteiger partial charge in [0.2, 0.25) is 0 Å². The van der Waals surface area contributed by atoms with Crippen LogP contribution in [0.4, 0.5) is 0 Å². The Bertz CT molecular complexity index is 338. The summed E-state index contributed by atoms with van der Waals surface area (Å²) in [4.78, 5) is 12.4. The van der Waals surface area contributed by atoms with Crippen molar-refractivity contribution in [2.24, 2.45) is 22.2 Å². The molecular formula is C18H37O2P. The summed E-state index contributed by atoms with van der Waals surface area (Å²) in [5.74, 6) is 0.485. The zero-order valence-corrected chi connectivity index (χ0v) is 16.8. The summed E-state index contributed by atoms with van der Waals surface area (Å²) in [6.45, 7) is 19.8. The van der Waals surface area contributed by atoms with Crippen LogP contribution in [0.2, 0.25) is 0 Å². The molecule has 0 saturated heterocycles. The molecule has 2 unspecified atom stereocenters. The molecule has 0 heterocycles. The fourth-order valence-corrected chi connectivity index (χ4v) is 2.33. The van der Waals surface area contributed by atoms with Gasteiger partial charge in [0.15, 0.2) is 0 Å². The number of carbonyl (C=O) groups is 1. The van der Waals surface area contributed by atoms with Crippen LogP contribution in [-0.4, -0.2) is 18.2 Å². The standard InChI is InChI=1S/C18H37O2P/c1-13(2)14(21)18(8,9)12-20-15(19)17(6,7)11-10-16(3,4)5/h13-14H,10-12,21H2,1-9H3. The largest absolute Gasteiger partial charge is 0.465 e. The van der Waals surface area contributed by atoms with Crippen molar-refractivity contribution in [1.82, 2.24) is 0 Å². The minimum absolute atomic E-state index is 0.0192. The lowest BCUT2D eigenvalue weighted by atomic mass is 9.80. The van der Waals surface area contributed by atoms with E-state index in [1.54, 1.807) is 0 Å². The van der Waals surface area contributed by atoms with Crippen molar-refractivity contribution in [2.45, 2.75) is 80.8 Å². The van der Waals surface area contributed by atoms with Crippen LogP contribution in [0.5, 0.6) is 0 Å². The summed E-state index contributed by atoms with van der Waals surface area (Å²) in [5.41, 5.74) is 0.259. The van der Waals surface area contributed by atoms with Gasteiger partial charge < -0.3 is 4.74 Å². The van der Waals surface area contributed by atoms with Crippen LogP contribution in [0.15, 0.2) is 0 Å². The number of hydrogen-bond donors (Lipinski definition) is 0. The first kappa shape index (κ1) is 20.9. The van der Waals surface area contributed by atoms with E-state index in [1.807, 2.05) is 13.8 Å². The maximum Gasteiger partial charge on any atom is 0.311 e. The average Bonchev–Trinajstić information content (AvgIpc) is 2.31. The molecule has 0 aliphatic carbocycles. The molecule has 0 N–H and O–H groups in total. The third-order valence-corrected chi connectivity index (χ3v) is 5.92. The highest BCUT2D eigenvalue weighted by atomic mass is 31.0. The van der Waals surface area contributed by atoms with Gasteiger partial charge in [0, 0.05) is 5.41 Å². The number of ether oxygens (including phenoxy) is 1. The molecule has 0 fully saturated rings. The van der Waals surface area contributed by atoms with Gasteiger partial charge in [-0.15, -0.1) is 9.24 Å². The van der Waals surface area contributed by atoms with Gasteiger partial charge in [0.25, 0.3) is 0 Å². The molecule has 0 aromatic heterocycles. The molecule has 126 valence electrons. The Hall–Kier alpha value is -0.100. The van der Waals surface area contributed by atoms with E-state index >= 15 is 0 Å². The first-order chi connectivity index (χ1) is 9.19. The minimum atomic E-state index is -0.405. The molecule has 2 nitrogen and oxygen atoms in total. The lowest BCUT2D eigenvalue weighted by molar-refractivity contribution is -0.158. The van der Waals surface area contributed by atoms with Crippen molar-refractivity contribution < 1.29 is 9.53 Å². The number of carbonyl (C=O) groups excluding carboxylic acids is 1. The molecule has 2 atom stereocenters. The lowest BCUT2D eigenvalue weighted by Gasteiger charge is -2.35. The molecule has 0 saturated carbocycles. The van der Waals surface area contributed by atoms with Gasteiger partial charge in [-0.2, -0.15) is 0 Å². The van der Waals surface area contributed by atoms with Crippen LogP contribution in [0.1, 0.15) is 75.2 Å². The Morgan fingerprint density at radius 2 is 1.48 bits per heavy atom. The first-order valence-electron chi connectivity index (χ1n) is 8.12. The lowest BCUT2D eigenvalue weighted by Crippen LogP contribution is -2.37. The van der Waals surface area contributed by atoms with Gasteiger partial charge in [-0.1, -0.05) is 48.5 Å². The van der Waals surface area contributed by atoms with Crippen molar-refractivity contribution in [3.8, 4) is 0 Å².